The molecule has 6 aromatic rings. The van der Waals surface area contributed by atoms with Crippen LogP contribution in [0.3, 0.4) is 0 Å². The molecule has 2 aromatic carbocycles. The highest BCUT2D eigenvalue weighted by atomic mass is 16.7. The maximum absolute atomic E-state index is 14.2. The van der Waals surface area contributed by atoms with Crippen LogP contribution in [0.5, 0.6) is 5.75 Å². The van der Waals surface area contributed by atoms with Gasteiger partial charge in [-0.25, -0.2) is 19.5 Å². The van der Waals surface area contributed by atoms with Crippen LogP contribution in [0.2, 0.25) is 0 Å². The van der Waals surface area contributed by atoms with E-state index in [1.807, 2.05) is 0 Å². The van der Waals surface area contributed by atoms with Crippen molar-refractivity contribution in [2.24, 2.45) is 21.1 Å². The van der Waals surface area contributed by atoms with Crippen molar-refractivity contribution in [3.05, 3.63) is 139 Å². The molecular formula is C56H61N11O12. The zero-order valence-electron chi connectivity index (χ0n) is 44.3. The summed E-state index contributed by atoms with van der Waals surface area (Å²) in [7, 11) is 4.96. The maximum atomic E-state index is 14.2. The number of anilines is 4. The molecule has 4 aromatic heterocycles. The Morgan fingerprint density at radius 2 is 1.66 bits per heavy atom. The molecule has 79 heavy (non-hydrogen) atoms. The fourth-order valence-electron chi connectivity index (χ4n) is 9.82. The summed E-state index contributed by atoms with van der Waals surface area (Å²) in [6, 6.07) is 10.8. The number of benzene rings is 2. The molecule has 7 heterocycles. The summed E-state index contributed by atoms with van der Waals surface area (Å²) < 4.78 is 35.1. The monoisotopic (exact) mass is 1080 g/mol. The second kappa shape index (κ2) is 23.7. The molecule has 0 radical (unpaired) electrons. The maximum Gasteiger partial charge on any atom is 0.416 e. The minimum absolute atomic E-state index is 0.0300. The first-order valence-electron chi connectivity index (χ1n) is 25.7. The molecule has 2 unspecified atom stereocenters. The molecule has 5 amide bonds. The van der Waals surface area contributed by atoms with Gasteiger partial charge in [0.25, 0.3) is 17.7 Å². The first-order chi connectivity index (χ1) is 38.0. The van der Waals surface area contributed by atoms with E-state index in [-0.39, 0.29) is 91.0 Å². The average Bonchev–Trinajstić information content (AvgIpc) is 4.48. The van der Waals surface area contributed by atoms with Crippen molar-refractivity contribution >= 4 is 75.4 Å². The smallest absolute Gasteiger partial charge is 0.416 e. The van der Waals surface area contributed by atoms with E-state index in [4.69, 9.17) is 23.7 Å². The molecule has 2 saturated heterocycles. The van der Waals surface area contributed by atoms with Crippen molar-refractivity contribution in [2.75, 3.05) is 53.8 Å². The first-order valence-corrected chi connectivity index (χ1v) is 25.7. The van der Waals surface area contributed by atoms with Gasteiger partial charge < -0.3 is 52.9 Å². The van der Waals surface area contributed by atoms with Gasteiger partial charge in [-0.2, -0.15) is 9.78 Å². The second-order valence-electron chi connectivity index (χ2n) is 19.5. The summed E-state index contributed by atoms with van der Waals surface area (Å²) in [6.07, 6.45) is 9.25. The summed E-state index contributed by atoms with van der Waals surface area (Å²) in [5.41, 5.74) is 4.15. The van der Waals surface area contributed by atoms with E-state index < -0.39 is 42.6 Å². The molecule has 0 saturated carbocycles. The standard InChI is InChI=1S/C56H61N11O12/c1-8-17-77-55(73)59-37-16-15-36-28-57-67(40(36)25-37)53(72)43-26-38(31-63(43)6)58-51(70)42-23-35(30-62(42)5)24-45(68)50-61-47(32-64(50)7)60-48(69)13-12-20-75-46-27-41-39(22-34(46)4)52(71)65-29-33(3)21-44(65)54(66(41)56(74)78-18-9-2)79-49-14-10-11-19-76-49/h8-9,15-16,22-23,25-28,30-32,44,49,54H,1-3,10-14,17-21,24,29H2,4-7H3,(H,58,70)(H,59,73)(H,60,69)/t44-,49?,54?/m0/s1. The third kappa shape index (κ3) is 12.1. The van der Waals surface area contributed by atoms with E-state index in [9.17, 15) is 33.6 Å². The van der Waals surface area contributed by atoms with Gasteiger partial charge in [-0.15, -0.1) is 0 Å². The predicted molar refractivity (Wildman–Crippen MR) is 290 cm³/mol. The molecule has 0 bridgehead atoms. The van der Waals surface area contributed by atoms with E-state index in [0.29, 0.717) is 65.1 Å². The lowest BCUT2D eigenvalue weighted by Crippen LogP contribution is -2.54. The highest BCUT2D eigenvalue weighted by molar-refractivity contribution is 6.07. The van der Waals surface area contributed by atoms with Gasteiger partial charge in [0.1, 0.15) is 30.4 Å². The van der Waals surface area contributed by atoms with E-state index >= 15 is 0 Å². The zero-order valence-corrected chi connectivity index (χ0v) is 44.3. The van der Waals surface area contributed by atoms with Crippen LogP contribution in [0.25, 0.3) is 10.9 Å². The Balaban J connectivity index is 0.795. The number of carbonyl (C=O) groups is 7. The van der Waals surface area contributed by atoms with Crippen molar-refractivity contribution in [1.29, 1.82) is 0 Å². The molecule has 3 N–H and O–H groups in total. The van der Waals surface area contributed by atoms with Crippen molar-refractivity contribution in [3.63, 3.8) is 0 Å². The third-order valence-electron chi connectivity index (χ3n) is 13.6. The molecule has 0 aliphatic carbocycles. The van der Waals surface area contributed by atoms with E-state index in [1.54, 1.807) is 90.9 Å². The number of imidazole rings is 1. The van der Waals surface area contributed by atoms with Crippen LogP contribution >= 0.6 is 0 Å². The number of nitrogens with zero attached hydrogens (tertiary/aromatic N) is 8. The molecule has 412 valence electrons. The lowest BCUT2D eigenvalue weighted by molar-refractivity contribution is -0.195. The van der Waals surface area contributed by atoms with Gasteiger partial charge in [0, 0.05) is 82.9 Å². The SMILES string of the molecule is C=CCOC(=O)Nc1ccc2cnn(C(=O)c3cc(NC(=O)c4cc(CC(=O)c5nc(NC(=O)CCCOc6cc7c(cc6C)C(=O)N6CC(=C)C[C@H]6C(OC6CCCCO6)N7C(=O)OCC=C)cn5C)cn4C)cn3C)c2c1. The summed E-state index contributed by atoms with van der Waals surface area (Å²) in [6.45, 7) is 14.0. The summed E-state index contributed by atoms with van der Waals surface area (Å²) >= 11 is 0. The fourth-order valence-corrected chi connectivity index (χ4v) is 9.82. The van der Waals surface area contributed by atoms with Crippen LogP contribution < -0.4 is 25.6 Å². The number of amides is 5. The number of fused-ring (bicyclic) bond motifs is 3. The normalized spacial score (nSPS) is 16.9. The number of Topliss-reactive ketones (excluding diaryl/α,β-unsaturated/α-hetero) is 1. The molecule has 3 aliphatic rings. The largest absolute Gasteiger partial charge is 0.493 e. The van der Waals surface area contributed by atoms with E-state index in [1.165, 1.54) is 44.8 Å². The van der Waals surface area contributed by atoms with Gasteiger partial charge >= 0.3 is 12.2 Å². The van der Waals surface area contributed by atoms with Gasteiger partial charge in [0.15, 0.2) is 24.2 Å². The Hall–Kier alpha value is -9.09. The Kier molecular flexibility index (Phi) is 16.4. The van der Waals surface area contributed by atoms with E-state index in [2.05, 4.69) is 45.8 Å². The van der Waals surface area contributed by atoms with Crippen LogP contribution in [-0.4, -0.2) is 126 Å². The van der Waals surface area contributed by atoms with Crippen molar-refractivity contribution in [1.82, 2.24) is 33.4 Å². The number of hydrogen-bond acceptors (Lipinski definition) is 14. The number of aryl methyl sites for hydroxylation is 4. The topological polar surface area (TPSA) is 254 Å². The molecule has 2 fully saturated rings. The minimum atomic E-state index is -0.962. The Morgan fingerprint density at radius 1 is 0.873 bits per heavy atom. The second-order valence-corrected chi connectivity index (χ2v) is 19.5. The zero-order chi connectivity index (χ0) is 56.1. The Labute approximate surface area is 454 Å². The number of ketones is 1. The molecule has 9 rings (SSSR count). The highest BCUT2D eigenvalue weighted by Crippen LogP contribution is 2.41. The molecule has 3 aliphatic heterocycles. The van der Waals surface area contributed by atoms with Crippen molar-refractivity contribution in [2.45, 2.75) is 70.4 Å². The van der Waals surface area contributed by atoms with Crippen molar-refractivity contribution in [3.8, 4) is 5.75 Å². The van der Waals surface area contributed by atoms with Crippen molar-refractivity contribution < 1.29 is 57.2 Å². The average molecular weight is 1080 g/mol. The third-order valence-corrected chi connectivity index (χ3v) is 13.6. The number of nitrogens with one attached hydrogen (secondary N) is 3. The van der Waals surface area contributed by atoms with Gasteiger partial charge in [0.05, 0.1) is 41.3 Å². The first kappa shape index (κ1) is 54.7. The van der Waals surface area contributed by atoms with Crippen LogP contribution in [0.4, 0.5) is 32.5 Å². The van der Waals surface area contributed by atoms with Gasteiger partial charge in [-0.1, -0.05) is 37.5 Å². The predicted octanol–water partition coefficient (Wildman–Crippen LogP) is 7.44. The minimum Gasteiger partial charge on any atom is -0.493 e. The van der Waals surface area contributed by atoms with Gasteiger partial charge in [0.2, 0.25) is 11.7 Å². The summed E-state index contributed by atoms with van der Waals surface area (Å²) in [4.78, 5) is 102. The Morgan fingerprint density at radius 3 is 2.43 bits per heavy atom. The lowest BCUT2D eigenvalue weighted by Gasteiger charge is -2.38. The lowest BCUT2D eigenvalue weighted by atomic mass is 10.1. The van der Waals surface area contributed by atoms with Crippen LogP contribution in [0.1, 0.15) is 91.6 Å². The fraction of sp³-hybridized carbons (Fsp3) is 0.339. The molecule has 23 nitrogen and oxygen atoms in total. The number of carbonyl (C=O) groups excluding carboxylic acids is 7. The molecule has 0 spiro atoms. The highest BCUT2D eigenvalue weighted by Gasteiger charge is 2.48. The van der Waals surface area contributed by atoms with E-state index in [0.717, 1.165) is 18.4 Å². The van der Waals surface area contributed by atoms with Crippen LogP contribution in [0, 0.1) is 6.92 Å². The molecular weight excluding hydrogens is 1020 g/mol. The van der Waals surface area contributed by atoms with Crippen LogP contribution in [0.15, 0.2) is 105 Å². The van der Waals surface area contributed by atoms with Gasteiger partial charge in [-0.3, -0.25) is 29.3 Å². The number of ether oxygens (including phenoxy) is 5. The number of hydrogen-bond donors (Lipinski definition) is 3. The van der Waals surface area contributed by atoms with Crippen LogP contribution in [-0.2, 0) is 51.3 Å². The molecule has 23 heteroatoms. The Bertz CT molecular complexity index is 3410. The quantitative estimate of drug-likeness (QED) is 0.0405. The molecule has 3 atom stereocenters. The number of aromatic nitrogens is 6. The number of rotatable bonds is 19. The summed E-state index contributed by atoms with van der Waals surface area (Å²) in [5, 5.41) is 13.1. The van der Waals surface area contributed by atoms with Gasteiger partial charge in [-0.05, 0) is 86.6 Å². The summed E-state index contributed by atoms with van der Waals surface area (Å²) in [5.74, 6) is -1.35.